The molecule has 0 saturated heterocycles. The van der Waals surface area contributed by atoms with Gasteiger partial charge in [-0.2, -0.15) is 0 Å². The topological polar surface area (TPSA) is 33.1 Å². The van der Waals surface area contributed by atoms with Gasteiger partial charge in [0.2, 0.25) is 0 Å². The molecule has 0 bridgehead atoms. The molecule has 13 heavy (non-hydrogen) atoms. The quantitative estimate of drug-likeness (QED) is 0.744. The van der Waals surface area contributed by atoms with E-state index in [0.717, 1.165) is 17.0 Å². The number of allylic oxidation sites excluding steroid dienone is 3. The van der Waals surface area contributed by atoms with Gasteiger partial charge >= 0.3 is 0 Å². The molecule has 0 fully saturated rings. The maximum atomic E-state index is 9.72. The lowest BCUT2D eigenvalue weighted by atomic mass is 10.1. The highest BCUT2D eigenvalue weighted by Crippen LogP contribution is 2.58. The van der Waals surface area contributed by atoms with Crippen molar-refractivity contribution in [2.75, 3.05) is 0 Å². The fourth-order valence-electron chi connectivity index (χ4n) is 1.76. The summed E-state index contributed by atoms with van der Waals surface area (Å²) in [5.41, 5.74) is 3.88. The van der Waals surface area contributed by atoms with E-state index in [1.807, 2.05) is 6.07 Å². The molecule has 2 heterocycles. The van der Waals surface area contributed by atoms with Crippen molar-refractivity contribution < 1.29 is 5.11 Å². The predicted molar refractivity (Wildman–Crippen MR) is 52.0 cm³/mol. The molecule has 3 heteroatoms. The maximum absolute atomic E-state index is 9.72. The Morgan fingerprint density at radius 1 is 1.46 bits per heavy atom. The Kier molecular flexibility index (Phi) is 0.809. The highest BCUT2D eigenvalue weighted by atomic mass is 32.2. The van der Waals surface area contributed by atoms with Crippen LogP contribution in [0, 0.1) is 5.92 Å². The van der Waals surface area contributed by atoms with Crippen LogP contribution in [0.5, 0.6) is 5.75 Å². The van der Waals surface area contributed by atoms with Crippen LogP contribution in [0.4, 0.5) is 0 Å². The molecule has 1 N–H and O–H groups in total. The standard InChI is InChI=1S/C10H5NOS/c12-10-5-1-7(5)11-9(10)6-3-13-8-2-4(6)8/h1-4,12H/t4-/m1/s1. The number of aromatic hydroxyl groups is 1. The van der Waals surface area contributed by atoms with Crippen LogP contribution in [0.25, 0.3) is 16.8 Å². The Morgan fingerprint density at radius 2 is 2.38 bits per heavy atom. The van der Waals surface area contributed by atoms with Gasteiger partial charge in [-0.05, 0) is 16.4 Å². The Hall–Kier alpha value is -1.22. The molecule has 0 aromatic carbocycles. The third-order valence-corrected chi connectivity index (χ3v) is 3.68. The van der Waals surface area contributed by atoms with Crippen LogP contribution in [-0.4, -0.2) is 10.1 Å². The highest BCUT2D eigenvalue weighted by molar-refractivity contribution is 8.06. The zero-order chi connectivity index (χ0) is 8.58. The van der Waals surface area contributed by atoms with Gasteiger partial charge in [0.1, 0.15) is 5.69 Å². The number of aromatic nitrogens is 1. The van der Waals surface area contributed by atoms with Crippen LogP contribution in [0.2, 0.25) is 0 Å². The van der Waals surface area contributed by atoms with E-state index in [1.165, 1.54) is 10.5 Å². The van der Waals surface area contributed by atoms with Crippen molar-refractivity contribution >= 4 is 17.3 Å². The minimum absolute atomic E-state index is 0.378. The average molecular weight is 187 g/mol. The van der Waals surface area contributed by atoms with Crippen LogP contribution in [0.15, 0.2) is 22.5 Å². The number of rotatable bonds is 1. The van der Waals surface area contributed by atoms with E-state index < -0.39 is 0 Å². The molecule has 2 nitrogen and oxygen atoms in total. The number of hydrogen-bond acceptors (Lipinski definition) is 3. The monoisotopic (exact) mass is 187 g/mol. The smallest absolute Gasteiger partial charge is 0.151 e. The fourth-order valence-corrected chi connectivity index (χ4v) is 2.77. The van der Waals surface area contributed by atoms with Gasteiger partial charge in [-0.25, -0.2) is 4.98 Å². The van der Waals surface area contributed by atoms with Crippen molar-refractivity contribution in [1.29, 1.82) is 0 Å². The first kappa shape index (κ1) is 6.27. The molecule has 2 aliphatic heterocycles. The van der Waals surface area contributed by atoms with E-state index in [9.17, 15) is 5.11 Å². The van der Waals surface area contributed by atoms with Crippen LogP contribution in [0.3, 0.4) is 0 Å². The minimum atomic E-state index is 0.378. The third kappa shape index (κ3) is 0.649. The molecular formula is C10H5NOS. The van der Waals surface area contributed by atoms with E-state index in [1.54, 1.807) is 11.8 Å². The molecule has 4 aliphatic rings. The lowest BCUT2D eigenvalue weighted by Crippen LogP contribution is -1.86. The summed E-state index contributed by atoms with van der Waals surface area (Å²) >= 11 is 1.75. The second-order valence-electron chi connectivity index (χ2n) is 3.49. The number of hydrogen-bond donors (Lipinski definition) is 1. The van der Waals surface area contributed by atoms with Crippen molar-refractivity contribution in [2.45, 2.75) is 0 Å². The number of pyridine rings is 1. The van der Waals surface area contributed by atoms with Crippen LogP contribution >= 0.6 is 11.8 Å². The van der Waals surface area contributed by atoms with Crippen molar-refractivity contribution in [2.24, 2.45) is 5.92 Å². The fraction of sp³-hybridized carbons (Fsp3) is 0.100. The first-order valence-electron chi connectivity index (χ1n) is 4.18. The van der Waals surface area contributed by atoms with Crippen LogP contribution in [0.1, 0.15) is 5.69 Å². The van der Waals surface area contributed by atoms with Gasteiger partial charge in [0.25, 0.3) is 0 Å². The summed E-state index contributed by atoms with van der Waals surface area (Å²) in [4.78, 5) is 5.75. The number of thioether (sulfide) groups is 1. The SMILES string of the molecule is Oc1c2cc-2nc1C1=CSC2=C[C@@H]21. The summed E-state index contributed by atoms with van der Waals surface area (Å²) in [5, 5.41) is 11.8. The summed E-state index contributed by atoms with van der Waals surface area (Å²) in [5.74, 6) is 0.855. The van der Waals surface area contributed by atoms with Gasteiger partial charge in [0, 0.05) is 17.1 Å². The Balaban J connectivity index is 1.87. The molecule has 1 atom stereocenters. The second kappa shape index (κ2) is 1.68. The molecule has 0 radical (unpaired) electrons. The number of fused-ring (bicyclic) bond motifs is 2. The van der Waals surface area contributed by atoms with Crippen molar-refractivity contribution in [3.05, 3.63) is 28.1 Å². The van der Waals surface area contributed by atoms with Gasteiger partial charge in [-0.3, -0.25) is 0 Å². The molecule has 0 unspecified atom stereocenters. The van der Waals surface area contributed by atoms with Gasteiger partial charge in [-0.15, -0.1) is 11.8 Å². The van der Waals surface area contributed by atoms with E-state index in [-0.39, 0.29) is 0 Å². The van der Waals surface area contributed by atoms with Gasteiger partial charge < -0.3 is 5.11 Å². The van der Waals surface area contributed by atoms with E-state index in [2.05, 4.69) is 16.5 Å². The molecule has 2 aliphatic carbocycles. The molecule has 0 aromatic heterocycles. The molecule has 0 spiro atoms. The molecule has 0 aromatic rings. The van der Waals surface area contributed by atoms with E-state index >= 15 is 0 Å². The predicted octanol–water partition coefficient (Wildman–Crippen LogP) is 2.37. The van der Waals surface area contributed by atoms with Crippen molar-refractivity contribution in [1.82, 2.24) is 4.98 Å². The Morgan fingerprint density at radius 3 is 2.92 bits per heavy atom. The zero-order valence-corrected chi connectivity index (χ0v) is 7.43. The van der Waals surface area contributed by atoms with Crippen molar-refractivity contribution in [3.63, 3.8) is 0 Å². The van der Waals surface area contributed by atoms with Gasteiger partial charge in [-0.1, -0.05) is 6.08 Å². The second-order valence-corrected chi connectivity index (χ2v) is 4.43. The first-order chi connectivity index (χ1) is 6.34. The van der Waals surface area contributed by atoms with Crippen LogP contribution in [-0.2, 0) is 0 Å². The zero-order valence-electron chi connectivity index (χ0n) is 6.61. The van der Waals surface area contributed by atoms with Gasteiger partial charge in [0.05, 0.1) is 5.69 Å². The van der Waals surface area contributed by atoms with Crippen molar-refractivity contribution in [3.8, 4) is 17.0 Å². The minimum Gasteiger partial charge on any atom is -0.505 e. The molecule has 0 saturated carbocycles. The normalized spacial score (nSPS) is 25.1. The highest BCUT2D eigenvalue weighted by Gasteiger charge is 2.38. The molecule has 62 valence electrons. The van der Waals surface area contributed by atoms with Gasteiger partial charge in [0.15, 0.2) is 5.75 Å². The first-order valence-corrected chi connectivity index (χ1v) is 5.06. The lowest BCUT2D eigenvalue weighted by Gasteiger charge is -1.98. The summed E-state index contributed by atoms with van der Waals surface area (Å²) < 4.78 is 0. The summed E-state index contributed by atoms with van der Waals surface area (Å²) in [6, 6.07) is 1.91. The number of nitrogens with zero attached hydrogens (tertiary/aromatic N) is 1. The summed E-state index contributed by atoms with van der Waals surface area (Å²) in [6.07, 6.45) is 2.21. The van der Waals surface area contributed by atoms with E-state index in [4.69, 9.17) is 0 Å². The summed E-state index contributed by atoms with van der Waals surface area (Å²) in [6.45, 7) is 0. The average Bonchev–Trinajstić information content (AvgIpc) is 3.01. The van der Waals surface area contributed by atoms with E-state index in [0.29, 0.717) is 11.7 Å². The lowest BCUT2D eigenvalue weighted by molar-refractivity contribution is 0.477. The Bertz CT molecular complexity index is 516. The molecular weight excluding hydrogens is 182 g/mol. The maximum Gasteiger partial charge on any atom is 0.151 e. The third-order valence-electron chi connectivity index (χ3n) is 2.64. The largest absolute Gasteiger partial charge is 0.505 e. The summed E-state index contributed by atoms with van der Waals surface area (Å²) in [7, 11) is 0. The molecule has 4 rings (SSSR count). The molecule has 0 amide bonds. The van der Waals surface area contributed by atoms with Crippen LogP contribution < -0.4 is 0 Å². The Labute approximate surface area is 79.0 Å².